The third-order valence-corrected chi connectivity index (χ3v) is 2.93. The molecule has 0 bridgehead atoms. The molecule has 0 aliphatic heterocycles. The van der Waals surface area contributed by atoms with Crippen LogP contribution in [0.2, 0.25) is 0 Å². The monoisotopic (exact) mass is 282 g/mol. The van der Waals surface area contributed by atoms with Gasteiger partial charge in [-0.1, -0.05) is 30.3 Å². The summed E-state index contributed by atoms with van der Waals surface area (Å²) in [4.78, 5) is 10.9. The Kier molecular flexibility index (Phi) is 7.00. The Morgan fingerprint density at radius 2 is 2.05 bits per heavy atom. The molecule has 1 rings (SSSR count). The molecule has 0 unspecified atom stereocenters. The minimum Gasteiger partial charge on any atom is -0.443 e. The molecule has 6 heteroatoms. The number of primary amides is 1. The van der Waals surface area contributed by atoms with Crippen LogP contribution >= 0.6 is 0 Å². The van der Waals surface area contributed by atoms with E-state index in [1.165, 1.54) is 0 Å². The molecule has 5 N–H and O–H groups in total. The van der Waals surface area contributed by atoms with E-state index in [0.29, 0.717) is 6.42 Å². The molecule has 0 aliphatic rings. The van der Waals surface area contributed by atoms with Gasteiger partial charge in [0.2, 0.25) is 0 Å². The first-order valence-corrected chi connectivity index (χ1v) is 6.55. The molecule has 1 amide bonds. The van der Waals surface area contributed by atoms with Gasteiger partial charge in [-0.25, -0.2) is 4.79 Å². The van der Waals surface area contributed by atoms with Gasteiger partial charge in [0.25, 0.3) is 0 Å². The lowest BCUT2D eigenvalue weighted by atomic mass is 10.0. The van der Waals surface area contributed by atoms with Crippen molar-refractivity contribution in [1.29, 1.82) is 0 Å². The summed E-state index contributed by atoms with van der Waals surface area (Å²) in [6.45, 7) is 1.95. The number of amides is 1. The van der Waals surface area contributed by atoms with E-state index in [0.717, 1.165) is 5.56 Å². The van der Waals surface area contributed by atoms with Gasteiger partial charge in [-0.2, -0.15) is 0 Å². The summed E-state index contributed by atoms with van der Waals surface area (Å²) in [5.74, 6) is 0. The number of aliphatic hydroxyl groups excluding tert-OH is 2. The Hall–Kier alpha value is -1.63. The van der Waals surface area contributed by atoms with E-state index in [9.17, 15) is 9.90 Å². The number of aliphatic hydroxyl groups is 2. The van der Waals surface area contributed by atoms with E-state index in [2.05, 4.69) is 5.32 Å². The summed E-state index contributed by atoms with van der Waals surface area (Å²) in [5.41, 5.74) is 5.97. The zero-order valence-electron chi connectivity index (χ0n) is 11.5. The quantitative estimate of drug-likeness (QED) is 0.538. The Morgan fingerprint density at radius 1 is 1.40 bits per heavy atom. The fraction of sp³-hybridized carbons (Fsp3) is 0.500. The molecule has 0 radical (unpaired) electrons. The number of nitrogens with two attached hydrogens (primary N) is 1. The molecule has 6 nitrogen and oxygen atoms in total. The Labute approximate surface area is 118 Å². The first-order valence-electron chi connectivity index (χ1n) is 6.55. The average Bonchev–Trinajstić information content (AvgIpc) is 2.44. The number of hydrogen-bond acceptors (Lipinski definition) is 5. The number of carbonyl (C=O) groups is 1. The minimum absolute atomic E-state index is 0.0350. The smallest absolute Gasteiger partial charge is 0.404 e. The lowest BCUT2D eigenvalue weighted by Crippen LogP contribution is -2.44. The third-order valence-electron chi connectivity index (χ3n) is 2.93. The molecule has 0 aromatic heterocycles. The van der Waals surface area contributed by atoms with Gasteiger partial charge in [-0.05, 0) is 12.5 Å². The van der Waals surface area contributed by atoms with Gasteiger partial charge in [0.05, 0.1) is 6.61 Å². The van der Waals surface area contributed by atoms with Crippen LogP contribution in [0.3, 0.4) is 0 Å². The van der Waals surface area contributed by atoms with E-state index in [1.54, 1.807) is 6.92 Å². The van der Waals surface area contributed by atoms with E-state index < -0.39 is 18.3 Å². The van der Waals surface area contributed by atoms with Crippen molar-refractivity contribution in [3.05, 3.63) is 35.9 Å². The van der Waals surface area contributed by atoms with E-state index in [1.807, 2.05) is 30.3 Å². The predicted octanol–water partition coefficient (Wildman–Crippen LogP) is 0.0243. The highest BCUT2D eigenvalue weighted by Gasteiger charge is 2.23. The van der Waals surface area contributed by atoms with Crippen molar-refractivity contribution in [3.63, 3.8) is 0 Å². The first kappa shape index (κ1) is 16.4. The number of benzene rings is 1. The topological polar surface area (TPSA) is 105 Å². The van der Waals surface area contributed by atoms with Gasteiger partial charge < -0.3 is 26.0 Å². The second kappa shape index (κ2) is 8.52. The van der Waals surface area contributed by atoms with E-state index in [-0.39, 0.29) is 19.2 Å². The molecule has 112 valence electrons. The minimum atomic E-state index is -0.916. The average molecular weight is 282 g/mol. The molecule has 0 saturated carbocycles. The summed E-state index contributed by atoms with van der Waals surface area (Å²) >= 11 is 0. The molecule has 0 saturated heterocycles. The largest absolute Gasteiger partial charge is 0.443 e. The SMILES string of the molecule is C[C@@H](CO)NC[C@H](O)[C@H](Cc1ccccc1)OC(N)=O. The normalized spacial score (nSPS) is 15.3. The Bertz CT molecular complexity index is 399. The molecule has 20 heavy (non-hydrogen) atoms. The number of ether oxygens (including phenoxy) is 1. The van der Waals surface area contributed by atoms with Crippen LogP contribution in [0.5, 0.6) is 0 Å². The first-order chi connectivity index (χ1) is 9.52. The highest BCUT2D eigenvalue weighted by atomic mass is 16.6. The van der Waals surface area contributed by atoms with Crippen molar-refractivity contribution >= 4 is 6.09 Å². The van der Waals surface area contributed by atoms with E-state index >= 15 is 0 Å². The highest BCUT2D eigenvalue weighted by molar-refractivity contribution is 5.64. The highest BCUT2D eigenvalue weighted by Crippen LogP contribution is 2.10. The molecule has 0 fully saturated rings. The van der Waals surface area contributed by atoms with E-state index in [4.69, 9.17) is 15.6 Å². The van der Waals surface area contributed by atoms with Crippen molar-refractivity contribution in [2.45, 2.75) is 31.6 Å². The Morgan fingerprint density at radius 3 is 2.60 bits per heavy atom. The van der Waals surface area contributed by atoms with Crippen LogP contribution in [0.1, 0.15) is 12.5 Å². The lowest BCUT2D eigenvalue weighted by Gasteiger charge is -2.24. The van der Waals surface area contributed by atoms with Crippen LogP contribution in [-0.4, -0.2) is 47.7 Å². The standard InChI is InChI=1S/C14H22N2O4/c1-10(9-17)16-8-12(18)13(20-14(15)19)7-11-5-3-2-4-6-11/h2-6,10,12-13,16-18H,7-9H2,1H3,(H2,15,19)/t10-,12-,13-/m0/s1. The van der Waals surface area contributed by atoms with Crippen molar-refractivity contribution in [2.24, 2.45) is 5.73 Å². The lowest BCUT2D eigenvalue weighted by molar-refractivity contribution is 0.00563. The zero-order valence-corrected chi connectivity index (χ0v) is 11.5. The second-order valence-electron chi connectivity index (χ2n) is 4.72. The van der Waals surface area contributed by atoms with Crippen LogP contribution in [-0.2, 0) is 11.2 Å². The van der Waals surface area contributed by atoms with Crippen LogP contribution in [0, 0.1) is 0 Å². The number of carbonyl (C=O) groups excluding carboxylic acids is 1. The van der Waals surface area contributed by atoms with Gasteiger partial charge >= 0.3 is 6.09 Å². The summed E-state index contributed by atoms with van der Waals surface area (Å²) in [7, 11) is 0. The van der Waals surface area contributed by atoms with Gasteiger partial charge in [-0.15, -0.1) is 0 Å². The predicted molar refractivity (Wildman–Crippen MR) is 75.2 cm³/mol. The zero-order chi connectivity index (χ0) is 15.0. The fourth-order valence-electron chi connectivity index (χ4n) is 1.77. The summed E-state index contributed by atoms with van der Waals surface area (Å²) < 4.78 is 4.97. The fourth-order valence-corrected chi connectivity index (χ4v) is 1.77. The Balaban J connectivity index is 2.61. The summed E-state index contributed by atoms with van der Waals surface area (Å²) in [6.07, 6.45) is -2.18. The molecule has 1 aromatic carbocycles. The summed E-state index contributed by atoms with van der Waals surface area (Å²) in [6, 6.07) is 9.25. The molecular formula is C14H22N2O4. The van der Waals surface area contributed by atoms with Gasteiger partial charge in [0.15, 0.2) is 0 Å². The van der Waals surface area contributed by atoms with Crippen molar-refractivity contribution in [2.75, 3.05) is 13.2 Å². The second-order valence-corrected chi connectivity index (χ2v) is 4.72. The maximum Gasteiger partial charge on any atom is 0.404 e. The third kappa shape index (κ3) is 6.01. The molecule has 0 heterocycles. The molecular weight excluding hydrogens is 260 g/mol. The van der Waals surface area contributed by atoms with Crippen LogP contribution < -0.4 is 11.1 Å². The molecule has 0 spiro atoms. The molecule has 3 atom stereocenters. The maximum atomic E-state index is 10.9. The maximum absolute atomic E-state index is 10.9. The van der Waals surface area contributed by atoms with Gasteiger partial charge in [0, 0.05) is 19.0 Å². The van der Waals surface area contributed by atoms with Gasteiger partial charge in [0.1, 0.15) is 12.2 Å². The van der Waals surface area contributed by atoms with Gasteiger partial charge in [-0.3, -0.25) is 0 Å². The molecule has 0 aliphatic carbocycles. The summed E-state index contributed by atoms with van der Waals surface area (Å²) in [5, 5.41) is 21.9. The number of nitrogens with one attached hydrogen (secondary N) is 1. The van der Waals surface area contributed by atoms with Crippen LogP contribution in [0.15, 0.2) is 30.3 Å². The number of rotatable bonds is 8. The number of hydrogen-bond donors (Lipinski definition) is 4. The van der Waals surface area contributed by atoms with Crippen molar-refractivity contribution < 1.29 is 19.7 Å². The molecule has 1 aromatic rings. The van der Waals surface area contributed by atoms with Crippen LogP contribution in [0.25, 0.3) is 0 Å². The van der Waals surface area contributed by atoms with Crippen molar-refractivity contribution in [1.82, 2.24) is 5.32 Å². The van der Waals surface area contributed by atoms with Crippen molar-refractivity contribution in [3.8, 4) is 0 Å². The van der Waals surface area contributed by atoms with Crippen LogP contribution in [0.4, 0.5) is 4.79 Å².